The van der Waals surface area contributed by atoms with Crippen molar-refractivity contribution in [3.8, 4) is 0 Å². The Kier molecular flexibility index (Phi) is 2.08. The summed E-state index contributed by atoms with van der Waals surface area (Å²) in [5.41, 5.74) is 2.01. The number of nitrogens with zero attached hydrogens (tertiary/aromatic N) is 1. The van der Waals surface area contributed by atoms with Crippen LogP contribution in [-0.4, -0.2) is 18.1 Å². The maximum atomic E-state index is 11.2. The van der Waals surface area contributed by atoms with Crippen molar-refractivity contribution in [2.24, 2.45) is 0 Å². The Bertz CT molecular complexity index is 350. The molecule has 0 radical (unpaired) electrons. The molecule has 0 spiro atoms. The molecule has 0 amide bonds. The molecule has 1 N–H and O–H groups in total. The van der Waals surface area contributed by atoms with Crippen LogP contribution in [0.4, 0.5) is 5.69 Å². The standard InChI is InChI=1S/C10H14N2O/c1-8-6-9(7-10(13)11-8)12-4-2-3-5-12/h6-7H,2-5H2,1H3,(H,11,13). The summed E-state index contributed by atoms with van der Waals surface area (Å²) >= 11 is 0. The molecule has 0 atom stereocenters. The van der Waals surface area contributed by atoms with Gasteiger partial charge in [-0.1, -0.05) is 0 Å². The number of aryl methyl sites for hydroxylation is 1. The van der Waals surface area contributed by atoms with E-state index in [4.69, 9.17) is 0 Å². The number of rotatable bonds is 1. The summed E-state index contributed by atoms with van der Waals surface area (Å²) in [7, 11) is 0. The first kappa shape index (κ1) is 8.35. The summed E-state index contributed by atoms with van der Waals surface area (Å²) in [6, 6.07) is 3.71. The third kappa shape index (κ3) is 1.74. The topological polar surface area (TPSA) is 36.1 Å². The average Bonchev–Trinajstić information content (AvgIpc) is 2.53. The smallest absolute Gasteiger partial charge is 0.250 e. The van der Waals surface area contributed by atoms with Crippen molar-refractivity contribution in [3.63, 3.8) is 0 Å². The fourth-order valence-corrected chi connectivity index (χ4v) is 1.82. The van der Waals surface area contributed by atoms with Crippen LogP contribution in [0.25, 0.3) is 0 Å². The van der Waals surface area contributed by atoms with E-state index in [0.717, 1.165) is 24.5 Å². The first-order valence-corrected chi connectivity index (χ1v) is 4.71. The summed E-state index contributed by atoms with van der Waals surface area (Å²) in [5.74, 6) is 0. The maximum absolute atomic E-state index is 11.2. The van der Waals surface area contributed by atoms with E-state index in [1.807, 2.05) is 13.0 Å². The van der Waals surface area contributed by atoms with E-state index in [-0.39, 0.29) is 5.56 Å². The summed E-state index contributed by atoms with van der Waals surface area (Å²) in [4.78, 5) is 16.2. The minimum absolute atomic E-state index is 0.00176. The SMILES string of the molecule is Cc1cc(N2CCCC2)cc(=O)[nH]1. The van der Waals surface area contributed by atoms with E-state index in [2.05, 4.69) is 9.88 Å². The van der Waals surface area contributed by atoms with Crippen LogP contribution in [0.5, 0.6) is 0 Å². The number of H-pyrrole nitrogens is 1. The molecule has 1 saturated heterocycles. The molecule has 1 aliphatic rings. The molecule has 1 aliphatic heterocycles. The van der Waals surface area contributed by atoms with Gasteiger partial charge in [-0.15, -0.1) is 0 Å². The fraction of sp³-hybridized carbons (Fsp3) is 0.500. The molecule has 70 valence electrons. The predicted molar refractivity (Wildman–Crippen MR) is 53.2 cm³/mol. The van der Waals surface area contributed by atoms with Gasteiger partial charge in [0.05, 0.1) is 0 Å². The monoisotopic (exact) mass is 178 g/mol. The molecule has 3 heteroatoms. The van der Waals surface area contributed by atoms with Crippen molar-refractivity contribution >= 4 is 5.69 Å². The zero-order valence-corrected chi connectivity index (χ0v) is 7.84. The molecule has 0 bridgehead atoms. The van der Waals surface area contributed by atoms with E-state index in [1.54, 1.807) is 6.07 Å². The van der Waals surface area contributed by atoms with Crippen molar-refractivity contribution in [2.75, 3.05) is 18.0 Å². The number of anilines is 1. The molecular formula is C10H14N2O. The van der Waals surface area contributed by atoms with Crippen LogP contribution >= 0.6 is 0 Å². The molecule has 1 aromatic rings. The van der Waals surface area contributed by atoms with Crippen LogP contribution in [0.3, 0.4) is 0 Å². The van der Waals surface area contributed by atoms with E-state index >= 15 is 0 Å². The van der Waals surface area contributed by atoms with Gasteiger partial charge < -0.3 is 9.88 Å². The van der Waals surface area contributed by atoms with E-state index in [9.17, 15) is 4.79 Å². The minimum Gasteiger partial charge on any atom is -0.371 e. The summed E-state index contributed by atoms with van der Waals surface area (Å²) < 4.78 is 0. The Morgan fingerprint density at radius 1 is 1.31 bits per heavy atom. The van der Waals surface area contributed by atoms with Crippen LogP contribution in [0.2, 0.25) is 0 Å². The van der Waals surface area contributed by atoms with Gasteiger partial charge in [0.15, 0.2) is 0 Å². The molecule has 0 saturated carbocycles. The highest BCUT2D eigenvalue weighted by atomic mass is 16.1. The van der Waals surface area contributed by atoms with Crippen molar-refractivity contribution < 1.29 is 0 Å². The molecule has 0 aliphatic carbocycles. The lowest BCUT2D eigenvalue weighted by Gasteiger charge is -2.17. The molecule has 2 heterocycles. The van der Waals surface area contributed by atoms with Crippen LogP contribution in [0, 0.1) is 6.92 Å². The van der Waals surface area contributed by atoms with Crippen LogP contribution in [0.1, 0.15) is 18.5 Å². The lowest BCUT2D eigenvalue weighted by atomic mass is 10.3. The molecule has 0 unspecified atom stereocenters. The van der Waals surface area contributed by atoms with Crippen molar-refractivity contribution in [3.05, 3.63) is 28.2 Å². The first-order chi connectivity index (χ1) is 6.25. The second kappa shape index (κ2) is 3.24. The highest BCUT2D eigenvalue weighted by Crippen LogP contribution is 2.18. The third-order valence-electron chi connectivity index (χ3n) is 2.43. The van der Waals surface area contributed by atoms with Crippen molar-refractivity contribution in [2.45, 2.75) is 19.8 Å². The zero-order chi connectivity index (χ0) is 9.26. The fourth-order valence-electron chi connectivity index (χ4n) is 1.82. The number of hydrogen-bond acceptors (Lipinski definition) is 2. The van der Waals surface area contributed by atoms with Gasteiger partial charge in [0.1, 0.15) is 0 Å². The van der Waals surface area contributed by atoms with Gasteiger partial charge in [0.2, 0.25) is 5.56 Å². The second-order valence-corrected chi connectivity index (χ2v) is 3.58. The molecule has 3 nitrogen and oxygen atoms in total. The van der Waals surface area contributed by atoms with Gasteiger partial charge in [0.25, 0.3) is 0 Å². The number of aromatic nitrogens is 1. The lowest BCUT2D eigenvalue weighted by molar-refractivity contribution is 0.949. The normalized spacial score (nSPS) is 16.5. The van der Waals surface area contributed by atoms with Gasteiger partial charge in [-0.05, 0) is 25.8 Å². The van der Waals surface area contributed by atoms with Gasteiger partial charge >= 0.3 is 0 Å². The number of aromatic amines is 1. The maximum Gasteiger partial charge on any atom is 0.250 e. The number of nitrogens with one attached hydrogen (secondary N) is 1. The zero-order valence-electron chi connectivity index (χ0n) is 7.84. The molecule has 13 heavy (non-hydrogen) atoms. The Labute approximate surface area is 77.4 Å². The van der Waals surface area contributed by atoms with E-state index < -0.39 is 0 Å². The molecule has 1 fully saturated rings. The Morgan fingerprint density at radius 2 is 2.00 bits per heavy atom. The van der Waals surface area contributed by atoms with Crippen LogP contribution < -0.4 is 10.5 Å². The van der Waals surface area contributed by atoms with Crippen LogP contribution in [-0.2, 0) is 0 Å². The highest BCUT2D eigenvalue weighted by molar-refractivity contribution is 5.46. The lowest BCUT2D eigenvalue weighted by Crippen LogP contribution is -2.20. The number of pyridine rings is 1. The van der Waals surface area contributed by atoms with Gasteiger partial charge in [-0.2, -0.15) is 0 Å². The van der Waals surface area contributed by atoms with Gasteiger partial charge in [0, 0.05) is 30.5 Å². The van der Waals surface area contributed by atoms with Gasteiger partial charge in [-0.3, -0.25) is 4.79 Å². The Balaban J connectivity index is 2.33. The van der Waals surface area contributed by atoms with Crippen LogP contribution in [0.15, 0.2) is 16.9 Å². The minimum atomic E-state index is 0.00176. The summed E-state index contributed by atoms with van der Waals surface area (Å²) in [6.45, 7) is 4.09. The highest BCUT2D eigenvalue weighted by Gasteiger charge is 2.12. The largest absolute Gasteiger partial charge is 0.371 e. The quantitative estimate of drug-likeness (QED) is 0.703. The summed E-state index contributed by atoms with van der Waals surface area (Å²) in [6.07, 6.45) is 2.48. The summed E-state index contributed by atoms with van der Waals surface area (Å²) in [5, 5.41) is 0. The predicted octanol–water partition coefficient (Wildman–Crippen LogP) is 1.28. The third-order valence-corrected chi connectivity index (χ3v) is 2.43. The molecule has 1 aromatic heterocycles. The van der Waals surface area contributed by atoms with E-state index in [0.29, 0.717) is 0 Å². The van der Waals surface area contributed by atoms with Gasteiger partial charge in [-0.25, -0.2) is 0 Å². The number of hydrogen-bond donors (Lipinski definition) is 1. The second-order valence-electron chi connectivity index (χ2n) is 3.58. The first-order valence-electron chi connectivity index (χ1n) is 4.71. The van der Waals surface area contributed by atoms with Crippen molar-refractivity contribution in [1.82, 2.24) is 4.98 Å². The Hall–Kier alpha value is -1.25. The van der Waals surface area contributed by atoms with E-state index in [1.165, 1.54) is 12.8 Å². The molecule has 2 rings (SSSR count). The average molecular weight is 178 g/mol. The Morgan fingerprint density at radius 3 is 2.62 bits per heavy atom. The molecule has 0 aromatic carbocycles. The molecular weight excluding hydrogens is 164 g/mol. The van der Waals surface area contributed by atoms with Crippen molar-refractivity contribution in [1.29, 1.82) is 0 Å².